The quantitative estimate of drug-likeness (QED) is 0.686. The standard InChI is InChI=1S/C23H24N6O/c24-13-17-3-1-16(2-4-17)5-10-26-22(30)19-7-12-29(14-23(19)8-9-23)21-18-6-11-25-20(18)27-15-28-21/h1-4,6,11,15,19H,5,7-10,12,14H2,(H,26,30)(H,25,27,28)/t19-/m1/s1. The highest BCUT2D eigenvalue weighted by molar-refractivity contribution is 5.87. The van der Waals surface area contributed by atoms with E-state index in [-0.39, 0.29) is 17.2 Å². The Morgan fingerprint density at radius 3 is 2.87 bits per heavy atom. The fourth-order valence-corrected chi connectivity index (χ4v) is 4.73. The van der Waals surface area contributed by atoms with Crippen LogP contribution < -0.4 is 10.2 Å². The summed E-state index contributed by atoms with van der Waals surface area (Å²) >= 11 is 0. The molecule has 3 aromatic rings. The molecule has 1 aliphatic heterocycles. The molecule has 1 atom stereocenters. The van der Waals surface area contributed by atoms with Gasteiger partial charge in [0.2, 0.25) is 5.91 Å². The van der Waals surface area contributed by atoms with Gasteiger partial charge >= 0.3 is 0 Å². The molecule has 1 amide bonds. The number of hydrogen-bond acceptors (Lipinski definition) is 5. The Hall–Kier alpha value is -3.40. The molecular weight excluding hydrogens is 376 g/mol. The van der Waals surface area contributed by atoms with Crippen molar-refractivity contribution in [2.45, 2.75) is 25.7 Å². The predicted octanol–water partition coefficient (Wildman–Crippen LogP) is 2.79. The van der Waals surface area contributed by atoms with E-state index in [1.165, 1.54) is 0 Å². The minimum absolute atomic E-state index is 0.0678. The highest BCUT2D eigenvalue weighted by atomic mass is 16.1. The van der Waals surface area contributed by atoms with Crippen molar-refractivity contribution < 1.29 is 4.79 Å². The molecule has 2 N–H and O–H groups in total. The second-order valence-corrected chi connectivity index (χ2v) is 8.41. The summed E-state index contributed by atoms with van der Waals surface area (Å²) in [5.41, 5.74) is 2.72. The van der Waals surface area contributed by atoms with Gasteiger partial charge in [0.15, 0.2) is 0 Å². The number of nitriles is 1. The second-order valence-electron chi connectivity index (χ2n) is 8.41. The number of nitrogens with one attached hydrogen (secondary N) is 2. The number of fused-ring (bicyclic) bond motifs is 1. The minimum Gasteiger partial charge on any atom is -0.356 e. The van der Waals surface area contributed by atoms with Crippen LogP contribution in [0.25, 0.3) is 11.0 Å². The van der Waals surface area contributed by atoms with Gasteiger partial charge in [-0.3, -0.25) is 4.79 Å². The number of nitrogens with zero attached hydrogens (tertiary/aromatic N) is 4. The van der Waals surface area contributed by atoms with Crippen molar-refractivity contribution >= 4 is 22.8 Å². The number of rotatable bonds is 5. The normalized spacial score (nSPS) is 19.6. The third-order valence-electron chi connectivity index (χ3n) is 6.57. The minimum atomic E-state index is 0.0678. The molecule has 7 heteroatoms. The number of anilines is 1. The molecule has 1 aromatic carbocycles. The van der Waals surface area contributed by atoms with E-state index >= 15 is 0 Å². The van der Waals surface area contributed by atoms with Gasteiger partial charge in [0.1, 0.15) is 17.8 Å². The maximum absolute atomic E-state index is 13.0. The summed E-state index contributed by atoms with van der Waals surface area (Å²) in [5, 5.41) is 13.1. The number of benzene rings is 1. The SMILES string of the molecule is N#Cc1ccc(CCNC(=O)[C@H]2CCN(c3ncnc4[nH]ccc34)CC23CC3)cc1. The van der Waals surface area contributed by atoms with Crippen molar-refractivity contribution in [3.63, 3.8) is 0 Å². The van der Waals surface area contributed by atoms with E-state index in [2.05, 4.69) is 31.2 Å². The molecule has 5 rings (SSSR count). The van der Waals surface area contributed by atoms with Crippen molar-refractivity contribution in [3.8, 4) is 6.07 Å². The molecule has 0 radical (unpaired) electrons. The van der Waals surface area contributed by atoms with Gasteiger partial charge < -0.3 is 15.2 Å². The molecule has 152 valence electrons. The summed E-state index contributed by atoms with van der Waals surface area (Å²) in [6.45, 7) is 2.32. The average molecular weight is 400 g/mol. The number of carbonyl (C=O) groups excluding carboxylic acids is 1. The third-order valence-corrected chi connectivity index (χ3v) is 6.57. The Bertz CT molecular complexity index is 1110. The van der Waals surface area contributed by atoms with Crippen LogP contribution in [0, 0.1) is 22.7 Å². The lowest BCUT2D eigenvalue weighted by molar-refractivity contribution is -0.127. The maximum atomic E-state index is 13.0. The zero-order chi connectivity index (χ0) is 20.6. The van der Waals surface area contributed by atoms with Crippen LogP contribution in [0.2, 0.25) is 0 Å². The molecule has 30 heavy (non-hydrogen) atoms. The molecule has 1 spiro atoms. The molecule has 0 bridgehead atoms. The lowest BCUT2D eigenvalue weighted by Crippen LogP contribution is -2.48. The average Bonchev–Trinajstić information content (AvgIpc) is 3.35. The molecule has 2 aliphatic rings. The Kier molecular flexibility index (Phi) is 4.62. The van der Waals surface area contributed by atoms with Crippen LogP contribution in [0.3, 0.4) is 0 Å². The third kappa shape index (κ3) is 3.39. The maximum Gasteiger partial charge on any atom is 0.223 e. The Labute approximate surface area is 175 Å². The number of amides is 1. The number of H-pyrrole nitrogens is 1. The predicted molar refractivity (Wildman–Crippen MR) is 114 cm³/mol. The lowest BCUT2D eigenvalue weighted by atomic mass is 9.81. The first kappa shape index (κ1) is 18.6. The number of aromatic nitrogens is 3. The van der Waals surface area contributed by atoms with Crippen LogP contribution in [-0.4, -0.2) is 40.5 Å². The molecule has 1 aliphatic carbocycles. The van der Waals surface area contributed by atoms with Gasteiger partial charge in [0, 0.05) is 31.7 Å². The molecule has 3 heterocycles. The Morgan fingerprint density at radius 1 is 1.27 bits per heavy atom. The van der Waals surface area contributed by atoms with E-state index in [9.17, 15) is 4.79 Å². The monoisotopic (exact) mass is 400 g/mol. The van der Waals surface area contributed by atoms with Crippen molar-refractivity contribution in [3.05, 3.63) is 54.0 Å². The lowest BCUT2D eigenvalue weighted by Gasteiger charge is -2.39. The van der Waals surface area contributed by atoms with Crippen molar-refractivity contribution in [1.29, 1.82) is 5.26 Å². The second kappa shape index (κ2) is 7.45. The van der Waals surface area contributed by atoms with Gasteiger partial charge in [-0.2, -0.15) is 5.26 Å². The van der Waals surface area contributed by atoms with E-state index in [1.807, 2.05) is 36.5 Å². The largest absolute Gasteiger partial charge is 0.356 e. The van der Waals surface area contributed by atoms with Crippen LogP contribution in [-0.2, 0) is 11.2 Å². The number of carbonyl (C=O) groups is 1. The smallest absolute Gasteiger partial charge is 0.223 e. The van der Waals surface area contributed by atoms with Crippen LogP contribution in [0.1, 0.15) is 30.4 Å². The summed E-state index contributed by atoms with van der Waals surface area (Å²) in [5.74, 6) is 1.21. The number of aromatic amines is 1. The molecule has 0 unspecified atom stereocenters. The first-order valence-electron chi connectivity index (χ1n) is 10.5. The molecule has 1 saturated carbocycles. The zero-order valence-electron chi connectivity index (χ0n) is 16.8. The van der Waals surface area contributed by atoms with Gasteiger partial charge in [0.05, 0.1) is 17.0 Å². The fourth-order valence-electron chi connectivity index (χ4n) is 4.73. The van der Waals surface area contributed by atoms with Gasteiger partial charge in [-0.05, 0) is 54.9 Å². The molecular formula is C23H24N6O. The van der Waals surface area contributed by atoms with Gasteiger partial charge in [0.25, 0.3) is 0 Å². The summed E-state index contributed by atoms with van der Waals surface area (Å²) in [4.78, 5) is 27.3. The zero-order valence-corrected chi connectivity index (χ0v) is 16.8. The van der Waals surface area contributed by atoms with Crippen molar-refractivity contribution in [2.75, 3.05) is 24.5 Å². The van der Waals surface area contributed by atoms with E-state index < -0.39 is 0 Å². The van der Waals surface area contributed by atoms with E-state index in [0.29, 0.717) is 12.1 Å². The van der Waals surface area contributed by atoms with Crippen LogP contribution in [0.15, 0.2) is 42.9 Å². The molecule has 7 nitrogen and oxygen atoms in total. The van der Waals surface area contributed by atoms with E-state index in [4.69, 9.17) is 5.26 Å². The van der Waals surface area contributed by atoms with Crippen molar-refractivity contribution in [1.82, 2.24) is 20.3 Å². The molecule has 1 saturated heterocycles. The van der Waals surface area contributed by atoms with Gasteiger partial charge in [-0.1, -0.05) is 12.1 Å². The number of hydrogen-bond donors (Lipinski definition) is 2. The Morgan fingerprint density at radius 2 is 2.10 bits per heavy atom. The van der Waals surface area contributed by atoms with Crippen LogP contribution in [0.5, 0.6) is 0 Å². The molecule has 2 fully saturated rings. The fraction of sp³-hybridized carbons (Fsp3) is 0.391. The van der Waals surface area contributed by atoms with Crippen LogP contribution in [0.4, 0.5) is 5.82 Å². The summed E-state index contributed by atoms with van der Waals surface area (Å²) < 4.78 is 0. The van der Waals surface area contributed by atoms with Gasteiger partial charge in [-0.25, -0.2) is 9.97 Å². The summed E-state index contributed by atoms with van der Waals surface area (Å²) in [6, 6.07) is 11.7. The first-order chi connectivity index (χ1) is 14.7. The summed E-state index contributed by atoms with van der Waals surface area (Å²) in [7, 11) is 0. The van der Waals surface area contributed by atoms with Crippen molar-refractivity contribution in [2.24, 2.45) is 11.3 Å². The highest BCUT2D eigenvalue weighted by Gasteiger charge is 2.55. The number of piperidine rings is 1. The topological polar surface area (TPSA) is 97.7 Å². The molecule has 2 aromatic heterocycles. The van der Waals surface area contributed by atoms with Gasteiger partial charge in [-0.15, -0.1) is 0 Å². The highest BCUT2D eigenvalue weighted by Crippen LogP contribution is 2.56. The Balaban J connectivity index is 1.21. The summed E-state index contributed by atoms with van der Waals surface area (Å²) in [6.07, 6.45) is 7.31. The van der Waals surface area contributed by atoms with Crippen LogP contribution >= 0.6 is 0 Å². The van der Waals surface area contributed by atoms with E-state index in [1.54, 1.807) is 6.33 Å². The first-order valence-corrected chi connectivity index (χ1v) is 10.5. The van der Waals surface area contributed by atoms with E-state index in [0.717, 1.165) is 61.2 Å².